The van der Waals surface area contributed by atoms with E-state index in [2.05, 4.69) is 76.3 Å². The minimum absolute atomic E-state index is 0. The van der Waals surface area contributed by atoms with Crippen LogP contribution in [0.1, 0.15) is 23.1 Å². The number of likely N-dealkylation sites (N-methyl/N-ethyl adjacent to an activating group) is 1. The van der Waals surface area contributed by atoms with Crippen LogP contribution in [0.5, 0.6) is 0 Å². The van der Waals surface area contributed by atoms with Gasteiger partial charge in [0, 0.05) is 50.4 Å². The van der Waals surface area contributed by atoms with E-state index in [-0.39, 0.29) is 23.6 Å². The van der Waals surface area contributed by atoms with E-state index >= 15 is 0 Å². The van der Waals surface area contributed by atoms with Crippen LogP contribution in [-0.2, 0) is 12.0 Å². The van der Waals surface area contributed by atoms with Gasteiger partial charge >= 0.3 is 0 Å². The minimum Gasteiger partial charge on any atom is -0.369 e. The zero-order chi connectivity index (χ0) is 22.0. The van der Waals surface area contributed by atoms with Crippen molar-refractivity contribution in [2.75, 3.05) is 51.2 Å². The Labute approximate surface area is 203 Å². The van der Waals surface area contributed by atoms with Gasteiger partial charge in [-0.2, -0.15) is 0 Å². The summed E-state index contributed by atoms with van der Waals surface area (Å²) in [6, 6.07) is 27.0. The van der Waals surface area contributed by atoms with Crippen LogP contribution >= 0.6 is 12.4 Å². The predicted molar refractivity (Wildman–Crippen MR) is 137 cm³/mol. The first kappa shape index (κ1) is 23.7. The highest BCUT2D eigenvalue weighted by molar-refractivity contribution is 5.85. The molecule has 1 unspecified atom stereocenters. The molecule has 0 spiro atoms. The Morgan fingerprint density at radius 2 is 1.48 bits per heavy atom. The van der Waals surface area contributed by atoms with Crippen LogP contribution in [-0.4, -0.2) is 56.1 Å². The minimum atomic E-state index is -0.170. The van der Waals surface area contributed by atoms with E-state index < -0.39 is 0 Å². The molecule has 5 heteroatoms. The summed E-state index contributed by atoms with van der Waals surface area (Å²) in [4.78, 5) is 7.44. The summed E-state index contributed by atoms with van der Waals surface area (Å²) < 4.78 is 13.3. The lowest BCUT2D eigenvalue weighted by molar-refractivity contribution is 0.190. The van der Waals surface area contributed by atoms with Gasteiger partial charge in [-0.25, -0.2) is 4.39 Å². The van der Waals surface area contributed by atoms with Crippen LogP contribution in [0.2, 0.25) is 0 Å². The molecule has 0 saturated carbocycles. The molecule has 3 aromatic rings. The fourth-order valence-corrected chi connectivity index (χ4v) is 5.61. The van der Waals surface area contributed by atoms with E-state index in [1.807, 2.05) is 12.1 Å². The summed E-state index contributed by atoms with van der Waals surface area (Å²) in [5.74, 6) is -0.170. The molecule has 1 fully saturated rings. The largest absolute Gasteiger partial charge is 0.369 e. The van der Waals surface area contributed by atoms with Gasteiger partial charge in [-0.15, -0.1) is 12.4 Å². The zero-order valence-corrected chi connectivity index (χ0v) is 20.1. The van der Waals surface area contributed by atoms with E-state index in [4.69, 9.17) is 0 Å². The molecule has 174 valence electrons. The Morgan fingerprint density at radius 3 is 2.21 bits per heavy atom. The molecule has 33 heavy (non-hydrogen) atoms. The summed E-state index contributed by atoms with van der Waals surface area (Å²) >= 11 is 0. The molecular weight excluding hydrogens is 433 g/mol. The van der Waals surface area contributed by atoms with Crippen molar-refractivity contribution in [1.29, 1.82) is 0 Å². The molecule has 5 rings (SSSR count). The van der Waals surface area contributed by atoms with Gasteiger partial charge in [0.05, 0.1) is 0 Å². The SMILES string of the molecule is CN1Cc2ccccc2C(CCN2CCN(c3ccc(F)cc3)CC2)(c2ccccc2)C1.Cl. The first-order valence-electron chi connectivity index (χ1n) is 11.7. The number of nitrogens with zero attached hydrogens (tertiary/aromatic N) is 3. The number of benzene rings is 3. The standard InChI is InChI=1S/C28H32FN3.ClH/c1-30-21-23-7-5-6-10-27(23)28(22-30,24-8-3-2-4-9-24)15-16-31-17-19-32(20-18-31)26-13-11-25(29)12-14-26;/h2-14H,15-22H2,1H3;1H. The molecule has 0 bridgehead atoms. The summed E-state index contributed by atoms with van der Waals surface area (Å²) in [7, 11) is 2.25. The van der Waals surface area contributed by atoms with Crippen molar-refractivity contribution >= 4 is 18.1 Å². The van der Waals surface area contributed by atoms with Crippen LogP contribution in [0, 0.1) is 5.82 Å². The second-order valence-corrected chi connectivity index (χ2v) is 9.33. The molecule has 0 amide bonds. The van der Waals surface area contributed by atoms with Crippen molar-refractivity contribution in [1.82, 2.24) is 9.80 Å². The summed E-state index contributed by atoms with van der Waals surface area (Å²) in [6.45, 7) is 7.19. The van der Waals surface area contributed by atoms with Gasteiger partial charge in [-0.05, 0) is 61.0 Å². The molecule has 2 heterocycles. The lowest BCUT2D eigenvalue weighted by Gasteiger charge is -2.45. The molecule has 3 aromatic carbocycles. The zero-order valence-electron chi connectivity index (χ0n) is 19.3. The Morgan fingerprint density at radius 1 is 0.818 bits per heavy atom. The fraction of sp³-hybridized carbons (Fsp3) is 0.357. The second-order valence-electron chi connectivity index (χ2n) is 9.33. The monoisotopic (exact) mass is 465 g/mol. The van der Waals surface area contributed by atoms with Crippen LogP contribution in [0.25, 0.3) is 0 Å². The molecule has 0 N–H and O–H groups in total. The number of hydrogen-bond donors (Lipinski definition) is 0. The van der Waals surface area contributed by atoms with E-state index in [0.717, 1.165) is 57.9 Å². The average Bonchev–Trinajstić information content (AvgIpc) is 2.84. The predicted octanol–water partition coefficient (Wildman–Crippen LogP) is 5.19. The normalized spacial score (nSPS) is 21.3. The third-order valence-corrected chi connectivity index (χ3v) is 7.26. The number of hydrogen-bond acceptors (Lipinski definition) is 3. The van der Waals surface area contributed by atoms with E-state index in [1.54, 1.807) is 12.1 Å². The molecule has 0 aromatic heterocycles. The van der Waals surface area contributed by atoms with E-state index in [1.165, 1.54) is 16.7 Å². The van der Waals surface area contributed by atoms with Crippen molar-refractivity contribution in [3.63, 3.8) is 0 Å². The first-order valence-corrected chi connectivity index (χ1v) is 11.7. The fourth-order valence-electron chi connectivity index (χ4n) is 5.61. The van der Waals surface area contributed by atoms with Gasteiger partial charge in [0.1, 0.15) is 5.82 Å². The topological polar surface area (TPSA) is 9.72 Å². The van der Waals surface area contributed by atoms with Gasteiger partial charge in [0.2, 0.25) is 0 Å². The Hall–Kier alpha value is -2.40. The number of anilines is 1. The van der Waals surface area contributed by atoms with Crippen LogP contribution in [0.15, 0.2) is 78.9 Å². The van der Waals surface area contributed by atoms with Crippen LogP contribution in [0.4, 0.5) is 10.1 Å². The number of rotatable bonds is 5. The van der Waals surface area contributed by atoms with Crippen molar-refractivity contribution in [3.8, 4) is 0 Å². The molecule has 3 nitrogen and oxygen atoms in total. The molecule has 0 aliphatic carbocycles. The lowest BCUT2D eigenvalue weighted by atomic mass is 9.68. The van der Waals surface area contributed by atoms with Gasteiger partial charge in [0.15, 0.2) is 0 Å². The highest BCUT2D eigenvalue weighted by atomic mass is 35.5. The lowest BCUT2D eigenvalue weighted by Crippen LogP contribution is -2.50. The van der Waals surface area contributed by atoms with Gasteiger partial charge in [0.25, 0.3) is 0 Å². The Balaban J connectivity index is 0.00000259. The second kappa shape index (κ2) is 10.3. The average molecular weight is 466 g/mol. The van der Waals surface area contributed by atoms with Gasteiger partial charge < -0.3 is 9.80 Å². The smallest absolute Gasteiger partial charge is 0.123 e. The first-order chi connectivity index (χ1) is 15.6. The maximum Gasteiger partial charge on any atom is 0.123 e. The van der Waals surface area contributed by atoms with Crippen molar-refractivity contribution in [2.24, 2.45) is 0 Å². The molecule has 0 radical (unpaired) electrons. The third kappa shape index (κ3) is 4.93. The van der Waals surface area contributed by atoms with E-state index in [9.17, 15) is 4.39 Å². The van der Waals surface area contributed by atoms with Crippen LogP contribution in [0.3, 0.4) is 0 Å². The van der Waals surface area contributed by atoms with Crippen molar-refractivity contribution in [2.45, 2.75) is 18.4 Å². The number of halogens is 2. The number of piperazine rings is 1. The summed E-state index contributed by atoms with van der Waals surface area (Å²) in [6.07, 6.45) is 1.11. The molecule has 2 aliphatic rings. The highest BCUT2D eigenvalue weighted by Crippen LogP contribution is 2.42. The maximum atomic E-state index is 13.3. The molecular formula is C28H33ClFN3. The van der Waals surface area contributed by atoms with Gasteiger partial charge in [-0.3, -0.25) is 4.90 Å². The van der Waals surface area contributed by atoms with Crippen molar-refractivity contribution in [3.05, 3.63) is 101 Å². The molecule has 1 saturated heterocycles. The molecule has 1 atom stereocenters. The summed E-state index contributed by atoms with van der Waals surface area (Å²) in [5.41, 5.74) is 5.50. The highest BCUT2D eigenvalue weighted by Gasteiger charge is 2.40. The van der Waals surface area contributed by atoms with E-state index in [0.29, 0.717) is 0 Å². The summed E-state index contributed by atoms with van der Waals surface area (Å²) in [5, 5.41) is 0. The van der Waals surface area contributed by atoms with Crippen LogP contribution < -0.4 is 4.90 Å². The van der Waals surface area contributed by atoms with Gasteiger partial charge in [-0.1, -0.05) is 54.6 Å². The molecule has 2 aliphatic heterocycles. The maximum absolute atomic E-state index is 13.3. The van der Waals surface area contributed by atoms with Crippen molar-refractivity contribution < 1.29 is 4.39 Å². The Kier molecular flexibility index (Phi) is 7.38. The third-order valence-electron chi connectivity index (χ3n) is 7.26. The Bertz CT molecular complexity index is 1030. The quantitative estimate of drug-likeness (QED) is 0.513. The number of fused-ring (bicyclic) bond motifs is 1.